The van der Waals surface area contributed by atoms with E-state index in [4.69, 9.17) is 0 Å². The highest BCUT2D eigenvalue weighted by Crippen LogP contribution is 2.19. The Bertz CT molecular complexity index is 316. The number of unbranched alkanes of at least 4 members (excludes halogenated alkanes) is 19. The molecule has 0 heterocycles. The summed E-state index contributed by atoms with van der Waals surface area (Å²) in [6.07, 6.45) is 38.1. The van der Waals surface area contributed by atoms with Gasteiger partial charge in [0.15, 0.2) is 0 Å². The Morgan fingerprint density at radius 2 is 0.833 bits per heavy atom. The number of hydrogen-bond donors (Lipinski definition) is 0. The SMILES string of the molecule is [CH2]C/C=C/CCCCCCCCCC(C)CCCCCCCCCCCCCC[CH2]. The molecule has 0 fully saturated rings. The molecular formula is C30H58. The van der Waals surface area contributed by atoms with Crippen LogP contribution in [-0.2, 0) is 0 Å². The standard InChI is InChI=1S/C30H58/c1-4-6-8-10-12-14-16-17-19-21-23-25-27-29-30(3)28-26-24-22-20-18-15-13-11-9-7-5-2/h7,9,30H,1-2,4-6,8,10-29H2,3H3/b9-7+. The van der Waals surface area contributed by atoms with Crippen LogP contribution in [0.25, 0.3) is 0 Å². The van der Waals surface area contributed by atoms with Crippen LogP contribution in [0.15, 0.2) is 12.2 Å². The first-order valence-corrected chi connectivity index (χ1v) is 14.0. The Morgan fingerprint density at radius 1 is 0.467 bits per heavy atom. The molecule has 30 heavy (non-hydrogen) atoms. The Hall–Kier alpha value is -0.260. The van der Waals surface area contributed by atoms with Crippen LogP contribution in [0, 0.1) is 19.8 Å². The van der Waals surface area contributed by atoms with Crippen molar-refractivity contribution >= 4 is 0 Å². The quantitative estimate of drug-likeness (QED) is 0.102. The average Bonchev–Trinajstić information content (AvgIpc) is 2.75. The number of allylic oxidation sites excluding steroid dienone is 2. The average molecular weight is 419 g/mol. The largest absolute Gasteiger partial charge is 0.0885 e. The fourth-order valence-corrected chi connectivity index (χ4v) is 4.46. The van der Waals surface area contributed by atoms with Crippen LogP contribution in [0.2, 0.25) is 0 Å². The molecule has 0 heteroatoms. The lowest BCUT2D eigenvalue weighted by Crippen LogP contribution is -1.95. The highest BCUT2D eigenvalue weighted by atomic mass is 14.1. The van der Waals surface area contributed by atoms with Gasteiger partial charge in [-0.1, -0.05) is 161 Å². The fraction of sp³-hybridized carbons (Fsp3) is 0.867. The zero-order valence-electron chi connectivity index (χ0n) is 21.1. The van der Waals surface area contributed by atoms with E-state index in [9.17, 15) is 0 Å². The van der Waals surface area contributed by atoms with Gasteiger partial charge in [-0.2, -0.15) is 0 Å². The zero-order valence-corrected chi connectivity index (χ0v) is 21.1. The van der Waals surface area contributed by atoms with Crippen molar-refractivity contribution in [1.82, 2.24) is 0 Å². The molecule has 0 aliphatic rings. The van der Waals surface area contributed by atoms with E-state index in [0.29, 0.717) is 0 Å². The first-order chi connectivity index (χ1) is 14.8. The van der Waals surface area contributed by atoms with E-state index < -0.39 is 0 Å². The third-order valence-corrected chi connectivity index (χ3v) is 6.60. The highest BCUT2D eigenvalue weighted by molar-refractivity contribution is 4.81. The van der Waals surface area contributed by atoms with Crippen LogP contribution in [0.1, 0.15) is 161 Å². The van der Waals surface area contributed by atoms with Gasteiger partial charge in [0, 0.05) is 0 Å². The van der Waals surface area contributed by atoms with E-state index >= 15 is 0 Å². The molecule has 0 amide bonds. The lowest BCUT2D eigenvalue weighted by Gasteiger charge is -2.11. The van der Waals surface area contributed by atoms with Crippen molar-refractivity contribution in [2.75, 3.05) is 0 Å². The third kappa shape index (κ3) is 25.8. The van der Waals surface area contributed by atoms with Crippen molar-refractivity contribution in [2.45, 2.75) is 161 Å². The summed E-state index contributed by atoms with van der Waals surface area (Å²) in [6.45, 7) is 10.2. The lowest BCUT2D eigenvalue weighted by atomic mass is 9.95. The predicted octanol–water partition coefficient (Wildman–Crippen LogP) is 11.2. The minimum Gasteiger partial charge on any atom is -0.0885 e. The highest BCUT2D eigenvalue weighted by Gasteiger charge is 2.02. The Balaban J connectivity index is 3.15. The summed E-state index contributed by atoms with van der Waals surface area (Å²) >= 11 is 0. The van der Waals surface area contributed by atoms with Crippen LogP contribution >= 0.6 is 0 Å². The Kier molecular flexibility index (Phi) is 26.5. The molecule has 0 aliphatic heterocycles. The minimum atomic E-state index is 0.941. The van der Waals surface area contributed by atoms with Crippen molar-refractivity contribution in [1.29, 1.82) is 0 Å². The molecule has 0 aliphatic carbocycles. The molecule has 0 saturated heterocycles. The third-order valence-electron chi connectivity index (χ3n) is 6.60. The summed E-state index contributed by atoms with van der Waals surface area (Å²) in [4.78, 5) is 0. The molecular weight excluding hydrogens is 360 g/mol. The summed E-state index contributed by atoms with van der Waals surface area (Å²) in [5.41, 5.74) is 0. The summed E-state index contributed by atoms with van der Waals surface area (Å²) in [5, 5.41) is 0. The van der Waals surface area contributed by atoms with Gasteiger partial charge < -0.3 is 0 Å². The van der Waals surface area contributed by atoms with Crippen molar-refractivity contribution in [3.8, 4) is 0 Å². The van der Waals surface area contributed by atoms with E-state index in [1.807, 2.05) is 0 Å². The first kappa shape index (κ1) is 29.7. The Labute approximate surface area is 193 Å². The predicted molar refractivity (Wildman–Crippen MR) is 140 cm³/mol. The first-order valence-electron chi connectivity index (χ1n) is 14.0. The van der Waals surface area contributed by atoms with Crippen LogP contribution in [0.4, 0.5) is 0 Å². The molecule has 0 nitrogen and oxygen atoms in total. The lowest BCUT2D eigenvalue weighted by molar-refractivity contribution is 0.430. The van der Waals surface area contributed by atoms with Crippen LogP contribution < -0.4 is 0 Å². The van der Waals surface area contributed by atoms with E-state index in [1.54, 1.807) is 0 Å². The minimum absolute atomic E-state index is 0.941. The second-order valence-corrected chi connectivity index (χ2v) is 9.80. The maximum Gasteiger partial charge on any atom is -0.0351 e. The molecule has 1 unspecified atom stereocenters. The molecule has 0 aromatic heterocycles. The van der Waals surface area contributed by atoms with Gasteiger partial charge in [-0.05, 0) is 32.1 Å². The number of rotatable bonds is 25. The topological polar surface area (TPSA) is 0 Å². The van der Waals surface area contributed by atoms with Crippen molar-refractivity contribution < 1.29 is 0 Å². The molecule has 1 atom stereocenters. The van der Waals surface area contributed by atoms with E-state index in [2.05, 4.69) is 32.9 Å². The van der Waals surface area contributed by atoms with E-state index in [0.717, 1.165) is 18.8 Å². The second kappa shape index (κ2) is 26.8. The van der Waals surface area contributed by atoms with Gasteiger partial charge in [0.1, 0.15) is 0 Å². The van der Waals surface area contributed by atoms with Gasteiger partial charge in [0.25, 0.3) is 0 Å². The van der Waals surface area contributed by atoms with Gasteiger partial charge >= 0.3 is 0 Å². The van der Waals surface area contributed by atoms with Crippen molar-refractivity contribution in [3.05, 3.63) is 26.0 Å². The molecule has 0 aromatic rings. The molecule has 0 spiro atoms. The molecule has 0 saturated carbocycles. The summed E-state index contributed by atoms with van der Waals surface area (Å²) in [5.74, 6) is 0.952. The molecule has 0 aromatic carbocycles. The molecule has 178 valence electrons. The van der Waals surface area contributed by atoms with Gasteiger partial charge in [0.2, 0.25) is 0 Å². The smallest absolute Gasteiger partial charge is 0.0351 e. The molecule has 2 radical (unpaired) electrons. The van der Waals surface area contributed by atoms with Gasteiger partial charge in [-0.25, -0.2) is 0 Å². The fourth-order valence-electron chi connectivity index (χ4n) is 4.46. The van der Waals surface area contributed by atoms with Crippen molar-refractivity contribution in [2.24, 2.45) is 5.92 Å². The summed E-state index contributed by atoms with van der Waals surface area (Å²) in [7, 11) is 0. The normalized spacial score (nSPS) is 12.8. The van der Waals surface area contributed by atoms with Gasteiger partial charge in [0.05, 0.1) is 0 Å². The zero-order chi connectivity index (χ0) is 22.0. The number of hydrogen-bond acceptors (Lipinski definition) is 0. The van der Waals surface area contributed by atoms with Gasteiger partial charge in [-0.15, -0.1) is 0 Å². The molecule has 0 N–H and O–H groups in total. The molecule has 0 bridgehead atoms. The van der Waals surface area contributed by atoms with Crippen LogP contribution in [0.3, 0.4) is 0 Å². The van der Waals surface area contributed by atoms with E-state index in [-0.39, 0.29) is 0 Å². The summed E-state index contributed by atoms with van der Waals surface area (Å²) in [6, 6.07) is 0. The van der Waals surface area contributed by atoms with E-state index in [1.165, 1.54) is 141 Å². The maximum atomic E-state index is 3.92. The monoisotopic (exact) mass is 418 g/mol. The Morgan fingerprint density at radius 3 is 1.23 bits per heavy atom. The van der Waals surface area contributed by atoms with Gasteiger partial charge in [-0.3, -0.25) is 0 Å². The van der Waals surface area contributed by atoms with Crippen LogP contribution in [-0.4, -0.2) is 0 Å². The maximum absolute atomic E-state index is 3.92. The van der Waals surface area contributed by atoms with Crippen LogP contribution in [0.5, 0.6) is 0 Å². The summed E-state index contributed by atoms with van der Waals surface area (Å²) < 4.78 is 0. The second-order valence-electron chi connectivity index (χ2n) is 9.80. The molecule has 0 rings (SSSR count). The van der Waals surface area contributed by atoms with Crippen molar-refractivity contribution in [3.63, 3.8) is 0 Å².